The van der Waals surface area contributed by atoms with Gasteiger partial charge in [0.15, 0.2) is 0 Å². The van der Waals surface area contributed by atoms with E-state index in [2.05, 4.69) is 35.4 Å². The molecular formula is C15H19NOS. The third-order valence-electron chi connectivity index (χ3n) is 3.65. The van der Waals surface area contributed by atoms with Crippen molar-refractivity contribution >= 4 is 11.3 Å². The second-order valence-corrected chi connectivity index (χ2v) is 5.82. The summed E-state index contributed by atoms with van der Waals surface area (Å²) in [4.78, 5) is 3.93. The highest BCUT2D eigenvalue weighted by molar-refractivity contribution is 7.09. The van der Waals surface area contributed by atoms with Gasteiger partial charge < -0.3 is 9.64 Å². The van der Waals surface area contributed by atoms with E-state index in [1.165, 1.54) is 34.7 Å². The molecule has 0 spiro atoms. The lowest BCUT2D eigenvalue weighted by molar-refractivity contribution is 0.116. The molecular weight excluding hydrogens is 242 g/mol. The second-order valence-electron chi connectivity index (χ2n) is 4.79. The van der Waals surface area contributed by atoms with Gasteiger partial charge >= 0.3 is 0 Å². The number of thiophene rings is 1. The summed E-state index contributed by atoms with van der Waals surface area (Å²) in [6.45, 7) is 5.01. The van der Waals surface area contributed by atoms with Crippen LogP contribution >= 0.6 is 11.3 Å². The second kappa shape index (κ2) is 5.19. The van der Waals surface area contributed by atoms with Crippen molar-refractivity contribution in [1.82, 2.24) is 4.90 Å². The first-order valence-corrected chi connectivity index (χ1v) is 7.55. The van der Waals surface area contributed by atoms with Crippen molar-refractivity contribution in [3.63, 3.8) is 0 Å². The van der Waals surface area contributed by atoms with Crippen LogP contribution in [0.25, 0.3) is 0 Å². The van der Waals surface area contributed by atoms with E-state index in [4.69, 9.17) is 4.74 Å². The SMILES string of the molecule is CC=C1CCCC2=C1N(Cc1cccs1)CCO2. The van der Waals surface area contributed by atoms with Crippen LogP contribution in [0.5, 0.6) is 0 Å². The quantitative estimate of drug-likeness (QED) is 0.800. The first-order valence-electron chi connectivity index (χ1n) is 6.67. The Morgan fingerprint density at radius 1 is 1.44 bits per heavy atom. The number of rotatable bonds is 2. The van der Waals surface area contributed by atoms with Gasteiger partial charge in [-0.3, -0.25) is 0 Å². The summed E-state index contributed by atoms with van der Waals surface area (Å²) in [5.41, 5.74) is 2.84. The van der Waals surface area contributed by atoms with E-state index >= 15 is 0 Å². The minimum Gasteiger partial charge on any atom is -0.494 e. The number of hydrogen-bond donors (Lipinski definition) is 0. The molecule has 0 saturated carbocycles. The molecule has 1 aromatic heterocycles. The summed E-state index contributed by atoms with van der Waals surface area (Å²) in [6.07, 6.45) is 5.78. The molecule has 0 radical (unpaired) electrons. The average Bonchev–Trinajstić information content (AvgIpc) is 2.91. The smallest absolute Gasteiger partial charge is 0.120 e. The van der Waals surface area contributed by atoms with Crippen LogP contribution in [-0.4, -0.2) is 18.1 Å². The van der Waals surface area contributed by atoms with E-state index in [9.17, 15) is 0 Å². The molecule has 96 valence electrons. The Morgan fingerprint density at radius 2 is 2.39 bits per heavy atom. The molecule has 3 rings (SSSR count). The van der Waals surface area contributed by atoms with Crippen LogP contribution in [0.3, 0.4) is 0 Å². The normalized spacial score (nSPS) is 22.1. The third-order valence-corrected chi connectivity index (χ3v) is 4.51. The predicted octanol–water partition coefficient (Wildman–Crippen LogP) is 3.92. The van der Waals surface area contributed by atoms with E-state index in [0.717, 1.165) is 26.1 Å². The Labute approximate surface area is 113 Å². The Bertz CT molecular complexity index is 469. The number of allylic oxidation sites excluding steroid dienone is 3. The summed E-state index contributed by atoms with van der Waals surface area (Å²) < 4.78 is 5.86. The molecule has 0 atom stereocenters. The maximum absolute atomic E-state index is 5.86. The largest absolute Gasteiger partial charge is 0.494 e. The predicted molar refractivity (Wildman–Crippen MR) is 75.3 cm³/mol. The minimum atomic E-state index is 0.835. The van der Waals surface area contributed by atoms with Crippen LogP contribution in [0.1, 0.15) is 31.1 Å². The molecule has 0 fully saturated rings. The van der Waals surface area contributed by atoms with Gasteiger partial charge in [-0.15, -0.1) is 11.3 Å². The van der Waals surface area contributed by atoms with Gasteiger partial charge in [0.25, 0.3) is 0 Å². The Balaban J connectivity index is 1.89. The molecule has 1 aromatic rings. The number of ether oxygens (including phenoxy) is 1. The van der Waals surface area contributed by atoms with Gasteiger partial charge in [0.05, 0.1) is 18.8 Å². The first-order chi connectivity index (χ1) is 8.88. The molecule has 0 bridgehead atoms. The van der Waals surface area contributed by atoms with Crippen molar-refractivity contribution < 1.29 is 4.74 Å². The van der Waals surface area contributed by atoms with Crippen molar-refractivity contribution in [1.29, 1.82) is 0 Å². The Kier molecular flexibility index (Phi) is 3.41. The summed E-state index contributed by atoms with van der Waals surface area (Å²) in [7, 11) is 0. The van der Waals surface area contributed by atoms with Gasteiger partial charge in [-0.2, -0.15) is 0 Å². The summed E-state index contributed by atoms with van der Waals surface area (Å²) in [5.74, 6) is 1.22. The molecule has 0 aromatic carbocycles. The zero-order valence-corrected chi connectivity index (χ0v) is 11.6. The lowest BCUT2D eigenvalue weighted by Crippen LogP contribution is -2.34. The van der Waals surface area contributed by atoms with Crippen LogP contribution in [0, 0.1) is 0 Å². The van der Waals surface area contributed by atoms with Gasteiger partial charge in [-0.25, -0.2) is 0 Å². The van der Waals surface area contributed by atoms with Gasteiger partial charge in [0.1, 0.15) is 12.4 Å². The average molecular weight is 261 g/mol. The summed E-state index contributed by atoms with van der Waals surface area (Å²) in [5, 5.41) is 2.16. The molecule has 1 aliphatic carbocycles. The summed E-state index contributed by atoms with van der Waals surface area (Å²) >= 11 is 1.84. The third kappa shape index (κ3) is 2.19. The molecule has 0 saturated heterocycles. The fourth-order valence-electron chi connectivity index (χ4n) is 2.80. The maximum Gasteiger partial charge on any atom is 0.120 e. The monoisotopic (exact) mass is 261 g/mol. The van der Waals surface area contributed by atoms with Crippen molar-refractivity contribution in [2.45, 2.75) is 32.7 Å². The van der Waals surface area contributed by atoms with Gasteiger partial charge in [-0.1, -0.05) is 12.1 Å². The molecule has 18 heavy (non-hydrogen) atoms. The lowest BCUT2D eigenvalue weighted by Gasteiger charge is -2.37. The number of nitrogens with zero attached hydrogens (tertiary/aromatic N) is 1. The van der Waals surface area contributed by atoms with Crippen LogP contribution < -0.4 is 0 Å². The molecule has 0 unspecified atom stereocenters. The fourth-order valence-corrected chi connectivity index (χ4v) is 3.52. The Morgan fingerprint density at radius 3 is 3.17 bits per heavy atom. The lowest BCUT2D eigenvalue weighted by atomic mass is 9.94. The molecule has 0 N–H and O–H groups in total. The van der Waals surface area contributed by atoms with E-state index in [0.29, 0.717) is 0 Å². The summed E-state index contributed by atoms with van der Waals surface area (Å²) in [6, 6.07) is 4.35. The Hall–Kier alpha value is -1.22. The molecule has 3 heteroatoms. The van der Waals surface area contributed by atoms with Crippen LogP contribution in [0.4, 0.5) is 0 Å². The van der Waals surface area contributed by atoms with Crippen molar-refractivity contribution in [3.05, 3.63) is 45.5 Å². The topological polar surface area (TPSA) is 12.5 Å². The molecule has 2 nitrogen and oxygen atoms in total. The highest BCUT2D eigenvalue weighted by Crippen LogP contribution is 2.35. The van der Waals surface area contributed by atoms with Gasteiger partial charge in [-0.05, 0) is 36.8 Å². The fraction of sp³-hybridized carbons (Fsp3) is 0.467. The van der Waals surface area contributed by atoms with E-state index in [1.807, 2.05) is 11.3 Å². The molecule has 0 amide bonds. The maximum atomic E-state index is 5.86. The highest BCUT2D eigenvalue weighted by atomic mass is 32.1. The zero-order chi connectivity index (χ0) is 12.4. The van der Waals surface area contributed by atoms with E-state index in [1.54, 1.807) is 0 Å². The molecule has 2 heterocycles. The zero-order valence-electron chi connectivity index (χ0n) is 10.8. The van der Waals surface area contributed by atoms with Crippen LogP contribution in [-0.2, 0) is 11.3 Å². The molecule has 2 aliphatic rings. The molecule has 1 aliphatic heterocycles. The van der Waals surface area contributed by atoms with Crippen molar-refractivity contribution in [2.75, 3.05) is 13.2 Å². The minimum absolute atomic E-state index is 0.835. The van der Waals surface area contributed by atoms with Gasteiger partial charge in [0, 0.05) is 11.3 Å². The standard InChI is InChI=1S/C15H19NOS/c1-2-12-5-3-7-14-15(12)16(8-9-17-14)11-13-6-4-10-18-13/h2,4,6,10H,3,5,7-9,11H2,1H3. The number of hydrogen-bond acceptors (Lipinski definition) is 3. The highest BCUT2D eigenvalue weighted by Gasteiger charge is 2.27. The van der Waals surface area contributed by atoms with Crippen molar-refractivity contribution in [2.24, 2.45) is 0 Å². The van der Waals surface area contributed by atoms with Crippen molar-refractivity contribution in [3.8, 4) is 0 Å². The van der Waals surface area contributed by atoms with Gasteiger partial charge in [0.2, 0.25) is 0 Å². The van der Waals surface area contributed by atoms with Crippen LogP contribution in [0.2, 0.25) is 0 Å². The van der Waals surface area contributed by atoms with Crippen LogP contribution in [0.15, 0.2) is 40.6 Å². The van der Waals surface area contributed by atoms with E-state index < -0.39 is 0 Å². The first kappa shape index (κ1) is 11.8. The van der Waals surface area contributed by atoms with E-state index in [-0.39, 0.29) is 0 Å².